The van der Waals surface area contributed by atoms with Crippen LogP contribution in [0.1, 0.15) is 25.3 Å². The number of benzene rings is 2. The molecule has 2 aromatic rings. The van der Waals surface area contributed by atoms with Gasteiger partial charge in [-0.25, -0.2) is 0 Å². The summed E-state index contributed by atoms with van der Waals surface area (Å²) in [6.45, 7) is 1.85. The SMILES string of the molecule is CC(=O)Nc1cccc(NC(=O)C2(C(=O)NCCc3cccc(Cl)c3)CC2)c1. The minimum absolute atomic E-state index is 0.193. The van der Waals surface area contributed by atoms with Crippen molar-refractivity contribution in [2.45, 2.75) is 26.2 Å². The average Bonchev–Trinajstić information content (AvgIpc) is 3.43. The quantitative estimate of drug-likeness (QED) is 0.624. The fourth-order valence-corrected chi connectivity index (χ4v) is 3.21. The minimum atomic E-state index is -1.02. The largest absolute Gasteiger partial charge is 0.355 e. The summed E-state index contributed by atoms with van der Waals surface area (Å²) >= 11 is 5.96. The fourth-order valence-electron chi connectivity index (χ4n) is 2.99. The van der Waals surface area contributed by atoms with Crippen LogP contribution in [0.5, 0.6) is 0 Å². The second-order valence-electron chi connectivity index (χ2n) is 6.93. The average molecular weight is 400 g/mol. The van der Waals surface area contributed by atoms with Gasteiger partial charge in [0.15, 0.2) is 0 Å². The lowest BCUT2D eigenvalue weighted by Gasteiger charge is -2.16. The molecule has 3 amide bonds. The van der Waals surface area contributed by atoms with Crippen molar-refractivity contribution in [3.05, 3.63) is 59.1 Å². The van der Waals surface area contributed by atoms with Gasteiger partial charge in [-0.15, -0.1) is 0 Å². The smallest absolute Gasteiger partial charge is 0.240 e. The van der Waals surface area contributed by atoms with Crippen LogP contribution in [0.25, 0.3) is 0 Å². The standard InChI is InChI=1S/C21H22ClN3O3/c1-14(26)24-17-6-3-7-18(13-17)25-20(28)21(9-10-21)19(27)23-11-8-15-4-2-5-16(22)12-15/h2-7,12-13H,8-11H2,1H3,(H,23,27)(H,24,26)(H,25,28). The molecule has 0 unspecified atom stereocenters. The molecule has 0 spiro atoms. The maximum Gasteiger partial charge on any atom is 0.240 e. The molecule has 0 atom stereocenters. The molecular formula is C21H22ClN3O3. The first-order chi connectivity index (χ1) is 13.4. The van der Waals surface area contributed by atoms with Crippen LogP contribution in [0.15, 0.2) is 48.5 Å². The van der Waals surface area contributed by atoms with E-state index in [-0.39, 0.29) is 17.7 Å². The number of amides is 3. The minimum Gasteiger partial charge on any atom is -0.355 e. The van der Waals surface area contributed by atoms with Crippen LogP contribution in [0, 0.1) is 5.41 Å². The second-order valence-corrected chi connectivity index (χ2v) is 7.37. The highest BCUT2D eigenvalue weighted by Crippen LogP contribution is 2.46. The van der Waals surface area contributed by atoms with Crippen molar-refractivity contribution in [3.63, 3.8) is 0 Å². The van der Waals surface area contributed by atoms with E-state index >= 15 is 0 Å². The van der Waals surface area contributed by atoms with E-state index in [1.54, 1.807) is 30.3 Å². The van der Waals surface area contributed by atoms with Gasteiger partial charge < -0.3 is 16.0 Å². The van der Waals surface area contributed by atoms with Crippen LogP contribution in [0.4, 0.5) is 11.4 Å². The predicted molar refractivity (Wildman–Crippen MR) is 109 cm³/mol. The van der Waals surface area contributed by atoms with Crippen molar-refractivity contribution in [1.29, 1.82) is 0 Å². The van der Waals surface area contributed by atoms with Crippen molar-refractivity contribution in [2.75, 3.05) is 17.2 Å². The molecule has 3 N–H and O–H groups in total. The third-order valence-corrected chi connectivity index (χ3v) is 4.88. The number of carbonyl (C=O) groups is 3. The Labute approximate surface area is 168 Å². The number of nitrogens with one attached hydrogen (secondary N) is 3. The fraction of sp³-hybridized carbons (Fsp3) is 0.286. The van der Waals surface area contributed by atoms with Crippen LogP contribution in [0.2, 0.25) is 5.02 Å². The van der Waals surface area contributed by atoms with Crippen LogP contribution in [-0.4, -0.2) is 24.3 Å². The molecule has 1 aliphatic rings. The monoisotopic (exact) mass is 399 g/mol. The van der Waals surface area contributed by atoms with Gasteiger partial charge in [-0.2, -0.15) is 0 Å². The molecule has 3 rings (SSSR count). The molecule has 1 aliphatic carbocycles. The summed E-state index contributed by atoms with van der Waals surface area (Å²) in [6, 6.07) is 14.3. The van der Waals surface area contributed by atoms with Crippen LogP contribution < -0.4 is 16.0 Å². The highest BCUT2D eigenvalue weighted by Gasteiger charge is 2.56. The number of carbonyl (C=O) groups excluding carboxylic acids is 3. The van der Waals surface area contributed by atoms with Crippen molar-refractivity contribution >= 4 is 40.7 Å². The zero-order valence-corrected chi connectivity index (χ0v) is 16.3. The molecule has 6 nitrogen and oxygen atoms in total. The van der Waals surface area contributed by atoms with Gasteiger partial charge in [0.2, 0.25) is 17.7 Å². The lowest BCUT2D eigenvalue weighted by molar-refractivity contribution is -0.134. The third kappa shape index (κ3) is 4.89. The number of anilines is 2. The Balaban J connectivity index is 1.56. The van der Waals surface area contributed by atoms with Crippen LogP contribution >= 0.6 is 11.6 Å². The molecule has 146 valence electrons. The summed E-state index contributed by atoms with van der Waals surface area (Å²) < 4.78 is 0. The third-order valence-electron chi connectivity index (χ3n) is 4.65. The van der Waals surface area contributed by atoms with E-state index in [2.05, 4.69) is 16.0 Å². The zero-order chi connectivity index (χ0) is 20.1. The van der Waals surface area contributed by atoms with E-state index < -0.39 is 5.41 Å². The van der Waals surface area contributed by atoms with E-state index in [1.165, 1.54) is 6.92 Å². The van der Waals surface area contributed by atoms with Crippen molar-refractivity contribution in [1.82, 2.24) is 5.32 Å². The Hall–Kier alpha value is -2.86. The highest BCUT2D eigenvalue weighted by molar-refractivity contribution is 6.30. The van der Waals surface area contributed by atoms with E-state index in [0.29, 0.717) is 42.2 Å². The van der Waals surface area contributed by atoms with E-state index in [1.807, 2.05) is 18.2 Å². The lowest BCUT2D eigenvalue weighted by Crippen LogP contribution is -2.40. The summed E-state index contributed by atoms with van der Waals surface area (Å²) in [5.74, 6) is -0.779. The Morgan fingerprint density at radius 1 is 0.964 bits per heavy atom. The maximum atomic E-state index is 12.7. The predicted octanol–water partition coefficient (Wildman–Crippen LogP) is 3.38. The summed E-state index contributed by atoms with van der Waals surface area (Å²) in [7, 11) is 0. The molecule has 0 aliphatic heterocycles. The molecule has 7 heteroatoms. The van der Waals surface area contributed by atoms with Gasteiger partial charge in [-0.3, -0.25) is 14.4 Å². The van der Waals surface area contributed by atoms with E-state index in [9.17, 15) is 14.4 Å². The molecule has 0 aromatic heterocycles. The zero-order valence-electron chi connectivity index (χ0n) is 15.5. The number of hydrogen-bond acceptors (Lipinski definition) is 3. The number of halogens is 1. The van der Waals surface area contributed by atoms with Gasteiger partial charge in [0, 0.05) is 29.9 Å². The molecular weight excluding hydrogens is 378 g/mol. The van der Waals surface area contributed by atoms with Crippen molar-refractivity contribution < 1.29 is 14.4 Å². The Kier molecular flexibility index (Phi) is 5.99. The molecule has 1 saturated carbocycles. The molecule has 0 bridgehead atoms. The molecule has 1 fully saturated rings. The van der Waals surface area contributed by atoms with Gasteiger partial charge in [0.25, 0.3) is 0 Å². The van der Waals surface area contributed by atoms with Gasteiger partial charge >= 0.3 is 0 Å². The van der Waals surface area contributed by atoms with Gasteiger partial charge in [-0.1, -0.05) is 29.8 Å². The summed E-state index contributed by atoms with van der Waals surface area (Å²) in [6.07, 6.45) is 1.68. The maximum absolute atomic E-state index is 12.7. The first kappa shape index (κ1) is 19.9. The molecule has 0 heterocycles. The number of rotatable bonds is 7. The Morgan fingerprint density at radius 2 is 1.64 bits per heavy atom. The molecule has 0 saturated heterocycles. The highest BCUT2D eigenvalue weighted by atomic mass is 35.5. The van der Waals surface area contributed by atoms with Gasteiger partial charge in [-0.05, 0) is 55.2 Å². The van der Waals surface area contributed by atoms with E-state index in [0.717, 1.165) is 5.56 Å². The first-order valence-corrected chi connectivity index (χ1v) is 9.49. The molecule has 28 heavy (non-hydrogen) atoms. The normalized spacial score (nSPS) is 14.1. The van der Waals surface area contributed by atoms with Gasteiger partial charge in [0.1, 0.15) is 5.41 Å². The number of hydrogen-bond donors (Lipinski definition) is 3. The topological polar surface area (TPSA) is 87.3 Å². The van der Waals surface area contributed by atoms with Crippen molar-refractivity contribution in [3.8, 4) is 0 Å². The van der Waals surface area contributed by atoms with Gasteiger partial charge in [0.05, 0.1) is 0 Å². The summed E-state index contributed by atoms with van der Waals surface area (Å²) in [4.78, 5) is 36.4. The Bertz CT molecular complexity index is 909. The van der Waals surface area contributed by atoms with Crippen molar-refractivity contribution in [2.24, 2.45) is 5.41 Å². The second kappa shape index (κ2) is 8.44. The molecule has 2 aromatic carbocycles. The molecule has 0 radical (unpaired) electrons. The Morgan fingerprint density at radius 3 is 2.29 bits per heavy atom. The first-order valence-electron chi connectivity index (χ1n) is 9.11. The lowest BCUT2D eigenvalue weighted by atomic mass is 10.0. The van der Waals surface area contributed by atoms with Crippen LogP contribution in [-0.2, 0) is 20.8 Å². The summed E-state index contributed by atoms with van der Waals surface area (Å²) in [5, 5.41) is 8.96. The van der Waals surface area contributed by atoms with E-state index in [4.69, 9.17) is 11.6 Å². The summed E-state index contributed by atoms with van der Waals surface area (Å²) in [5.41, 5.74) is 1.13. The van der Waals surface area contributed by atoms with Crippen LogP contribution in [0.3, 0.4) is 0 Å².